The number of aromatic nitrogens is 1. The van der Waals surface area contributed by atoms with Crippen LogP contribution in [0, 0.1) is 11.7 Å². The smallest absolute Gasteiger partial charge is 0.341 e. The Labute approximate surface area is 196 Å². The lowest BCUT2D eigenvalue weighted by atomic mass is 9.86. The van der Waals surface area contributed by atoms with Gasteiger partial charge in [-0.05, 0) is 59.9 Å². The zero-order valence-electron chi connectivity index (χ0n) is 18.6. The number of amides is 2. The first kappa shape index (κ1) is 23.1. The molecule has 34 heavy (non-hydrogen) atoms. The molecule has 2 heterocycles. The molecule has 2 amide bonds. The van der Waals surface area contributed by atoms with E-state index < -0.39 is 29.8 Å². The minimum absolute atomic E-state index is 0.0933. The molecule has 0 radical (unpaired) electrons. The average molecular weight is 461 g/mol. The van der Waals surface area contributed by atoms with Crippen LogP contribution in [0.5, 0.6) is 5.75 Å². The first-order valence-electron chi connectivity index (χ1n) is 10.9. The van der Waals surface area contributed by atoms with Crippen LogP contribution in [0.4, 0.5) is 9.18 Å². The van der Waals surface area contributed by atoms with Gasteiger partial charge in [0.2, 0.25) is 0 Å². The standard InChI is InChI=1S/C26H24FN3O4/c1-33-21-9-3-5-17(14-21)10-11-22-23(25(31)34-16-18-6-2-8-20(27)13-18)24(30-26(32)29-22)19-7-4-12-28-15-19/h2-9,12-15,23-24H,10-11,16H2,1H3,(H,30,32). The van der Waals surface area contributed by atoms with Gasteiger partial charge in [-0.3, -0.25) is 9.78 Å². The minimum Gasteiger partial charge on any atom is -0.497 e. The number of nitrogens with zero attached hydrogens (tertiary/aromatic N) is 2. The molecule has 4 rings (SSSR count). The van der Waals surface area contributed by atoms with Crippen molar-refractivity contribution in [3.63, 3.8) is 0 Å². The topological polar surface area (TPSA) is 89.9 Å². The molecule has 7 nitrogen and oxygen atoms in total. The van der Waals surface area contributed by atoms with Crippen molar-refractivity contribution in [2.45, 2.75) is 25.5 Å². The molecule has 0 spiro atoms. The Morgan fingerprint density at radius 2 is 1.88 bits per heavy atom. The molecule has 2 atom stereocenters. The monoisotopic (exact) mass is 461 g/mol. The summed E-state index contributed by atoms with van der Waals surface area (Å²) in [5.41, 5.74) is 2.60. The zero-order valence-corrected chi connectivity index (χ0v) is 18.6. The summed E-state index contributed by atoms with van der Waals surface area (Å²) in [5.74, 6) is -1.09. The molecule has 8 heteroatoms. The molecule has 1 aliphatic rings. The van der Waals surface area contributed by atoms with E-state index in [1.54, 1.807) is 43.8 Å². The second-order valence-corrected chi connectivity index (χ2v) is 7.88. The maximum Gasteiger partial charge on any atom is 0.341 e. The third-order valence-electron chi connectivity index (χ3n) is 5.59. The summed E-state index contributed by atoms with van der Waals surface area (Å²) < 4.78 is 24.4. The summed E-state index contributed by atoms with van der Waals surface area (Å²) in [5, 5.41) is 2.77. The van der Waals surface area contributed by atoms with Gasteiger partial charge in [0.1, 0.15) is 24.1 Å². The quantitative estimate of drug-likeness (QED) is 0.502. The first-order chi connectivity index (χ1) is 16.5. The van der Waals surface area contributed by atoms with Crippen LogP contribution in [-0.2, 0) is 22.6 Å². The van der Waals surface area contributed by atoms with Gasteiger partial charge in [0, 0.05) is 18.1 Å². The van der Waals surface area contributed by atoms with Gasteiger partial charge in [-0.15, -0.1) is 0 Å². The van der Waals surface area contributed by atoms with E-state index in [0.717, 1.165) is 11.3 Å². The third kappa shape index (κ3) is 5.64. The van der Waals surface area contributed by atoms with Crippen molar-refractivity contribution >= 4 is 17.7 Å². The van der Waals surface area contributed by atoms with E-state index in [0.29, 0.717) is 29.7 Å². The molecule has 0 saturated carbocycles. The number of carbonyl (C=O) groups excluding carboxylic acids is 2. The van der Waals surface area contributed by atoms with Crippen LogP contribution >= 0.6 is 0 Å². The fourth-order valence-electron chi connectivity index (χ4n) is 3.93. The van der Waals surface area contributed by atoms with Gasteiger partial charge in [0.25, 0.3) is 0 Å². The Hall–Kier alpha value is -4.07. The van der Waals surface area contributed by atoms with Crippen LogP contribution in [0.2, 0.25) is 0 Å². The predicted molar refractivity (Wildman–Crippen MR) is 124 cm³/mol. The number of halogens is 1. The van der Waals surface area contributed by atoms with Crippen molar-refractivity contribution in [3.05, 3.63) is 95.6 Å². The van der Waals surface area contributed by atoms with Crippen molar-refractivity contribution in [2.75, 3.05) is 7.11 Å². The lowest BCUT2D eigenvalue weighted by molar-refractivity contribution is -0.148. The van der Waals surface area contributed by atoms with E-state index in [-0.39, 0.29) is 6.61 Å². The van der Waals surface area contributed by atoms with Gasteiger partial charge in [-0.25, -0.2) is 14.2 Å². The average Bonchev–Trinajstić information content (AvgIpc) is 2.86. The molecule has 174 valence electrons. The number of benzene rings is 2. The number of aryl methyl sites for hydroxylation is 1. The molecule has 0 fully saturated rings. The van der Waals surface area contributed by atoms with Crippen LogP contribution in [0.3, 0.4) is 0 Å². The molecular weight excluding hydrogens is 437 g/mol. The van der Waals surface area contributed by atoms with E-state index in [2.05, 4.69) is 15.3 Å². The Kier molecular flexibility index (Phi) is 7.27. The van der Waals surface area contributed by atoms with Crippen LogP contribution in [0.25, 0.3) is 0 Å². The van der Waals surface area contributed by atoms with Gasteiger partial charge in [-0.2, -0.15) is 0 Å². The minimum atomic E-state index is -0.846. The second-order valence-electron chi connectivity index (χ2n) is 7.88. The van der Waals surface area contributed by atoms with E-state index in [1.807, 2.05) is 24.3 Å². The fraction of sp³-hybridized carbons (Fsp3) is 0.231. The summed E-state index contributed by atoms with van der Waals surface area (Å²) in [4.78, 5) is 34.0. The Bertz CT molecular complexity index is 1200. The van der Waals surface area contributed by atoms with E-state index >= 15 is 0 Å². The highest BCUT2D eigenvalue weighted by atomic mass is 19.1. The van der Waals surface area contributed by atoms with Gasteiger partial charge >= 0.3 is 12.0 Å². The maximum absolute atomic E-state index is 13.5. The molecule has 2 aromatic carbocycles. The molecular formula is C26H24FN3O4. The van der Waals surface area contributed by atoms with Crippen molar-refractivity contribution in [1.82, 2.24) is 10.3 Å². The van der Waals surface area contributed by atoms with Crippen LogP contribution < -0.4 is 10.1 Å². The SMILES string of the molecule is COc1cccc(CCC2=NC(=O)NC(c3cccnc3)C2C(=O)OCc2cccc(F)c2)c1. The number of ether oxygens (including phenoxy) is 2. The number of pyridine rings is 1. The summed E-state index contributed by atoms with van der Waals surface area (Å²) in [6.07, 6.45) is 4.14. The summed E-state index contributed by atoms with van der Waals surface area (Å²) in [6, 6.07) is 15.8. The van der Waals surface area contributed by atoms with Gasteiger partial charge < -0.3 is 14.8 Å². The van der Waals surface area contributed by atoms with E-state index in [9.17, 15) is 14.0 Å². The molecule has 0 aliphatic carbocycles. The maximum atomic E-state index is 13.5. The first-order valence-corrected chi connectivity index (χ1v) is 10.9. The number of urea groups is 1. The third-order valence-corrected chi connectivity index (χ3v) is 5.59. The van der Waals surface area contributed by atoms with E-state index in [1.165, 1.54) is 12.1 Å². The van der Waals surface area contributed by atoms with E-state index in [4.69, 9.17) is 9.47 Å². The van der Waals surface area contributed by atoms with Gasteiger partial charge in [0.05, 0.1) is 13.2 Å². The van der Waals surface area contributed by atoms with Crippen molar-refractivity contribution in [1.29, 1.82) is 0 Å². The lowest BCUT2D eigenvalue weighted by Crippen LogP contribution is -2.45. The Balaban J connectivity index is 1.58. The number of rotatable bonds is 8. The molecule has 1 aromatic heterocycles. The molecule has 1 N–H and O–H groups in total. The number of nitrogens with one attached hydrogen (secondary N) is 1. The van der Waals surface area contributed by atoms with Crippen molar-refractivity contribution in [2.24, 2.45) is 10.9 Å². The number of methoxy groups -OCH3 is 1. The fourth-order valence-corrected chi connectivity index (χ4v) is 3.93. The number of esters is 1. The van der Waals surface area contributed by atoms with Gasteiger partial charge in [0.15, 0.2) is 0 Å². The highest BCUT2D eigenvalue weighted by Crippen LogP contribution is 2.30. The van der Waals surface area contributed by atoms with Crippen LogP contribution in [0.15, 0.2) is 78.0 Å². The number of hydrogen-bond donors (Lipinski definition) is 1. The lowest BCUT2D eigenvalue weighted by Gasteiger charge is -2.31. The highest BCUT2D eigenvalue weighted by Gasteiger charge is 2.39. The largest absolute Gasteiger partial charge is 0.497 e. The normalized spacial score (nSPS) is 17.5. The summed E-state index contributed by atoms with van der Waals surface area (Å²) in [6.45, 7) is -0.0933. The highest BCUT2D eigenvalue weighted by molar-refractivity contribution is 6.09. The molecule has 3 aromatic rings. The molecule has 0 saturated heterocycles. The zero-order chi connectivity index (χ0) is 23.9. The number of aliphatic imine (C=N–C) groups is 1. The van der Waals surface area contributed by atoms with Crippen molar-refractivity contribution < 1.29 is 23.5 Å². The van der Waals surface area contributed by atoms with Crippen LogP contribution in [0.1, 0.15) is 29.2 Å². The Morgan fingerprint density at radius 3 is 2.65 bits per heavy atom. The summed E-state index contributed by atoms with van der Waals surface area (Å²) >= 11 is 0. The molecule has 0 bridgehead atoms. The molecule has 1 aliphatic heterocycles. The van der Waals surface area contributed by atoms with Crippen LogP contribution in [-0.4, -0.2) is 29.8 Å². The van der Waals surface area contributed by atoms with Crippen molar-refractivity contribution in [3.8, 4) is 5.75 Å². The summed E-state index contributed by atoms with van der Waals surface area (Å²) in [7, 11) is 1.60. The second kappa shape index (κ2) is 10.7. The molecule has 2 unspecified atom stereocenters. The number of hydrogen-bond acceptors (Lipinski definition) is 5. The Morgan fingerprint density at radius 1 is 1.06 bits per heavy atom. The predicted octanol–water partition coefficient (Wildman–Crippen LogP) is 4.43. The number of carbonyl (C=O) groups is 2. The van der Waals surface area contributed by atoms with Gasteiger partial charge in [-0.1, -0.05) is 30.3 Å².